The third kappa shape index (κ3) is 24.5. The number of carboxylic acids is 1. The molecular weight excluding hydrogens is 1040 g/mol. The zero-order chi connectivity index (χ0) is 60.2. The Bertz CT molecular complexity index is 2370. The number of aliphatic carboxylic acids is 1. The monoisotopic (exact) mass is 1130 g/mol. The number of aryl methyl sites for hydroxylation is 1. The third-order valence-electron chi connectivity index (χ3n) is 12.5. The number of imidazole rings is 1. The smallest absolute Gasteiger partial charge is 0.323 e. The number of aromatic nitrogens is 2. The van der Waals surface area contributed by atoms with Gasteiger partial charge >= 0.3 is 5.97 Å². The van der Waals surface area contributed by atoms with E-state index in [0.717, 1.165) is 29.2 Å². The van der Waals surface area contributed by atoms with Crippen LogP contribution in [0, 0.1) is 11.8 Å². The van der Waals surface area contributed by atoms with Crippen LogP contribution in [0.15, 0.2) is 47.8 Å². The van der Waals surface area contributed by atoms with E-state index in [1.807, 2.05) is 12.1 Å². The van der Waals surface area contributed by atoms with E-state index in [2.05, 4.69) is 52.2 Å². The molecule has 2 aromatic rings. The van der Waals surface area contributed by atoms with Crippen LogP contribution in [0.3, 0.4) is 0 Å². The van der Waals surface area contributed by atoms with Crippen molar-refractivity contribution in [1.82, 2.24) is 57.0 Å². The number of nitrogens with zero attached hydrogens (tertiary/aromatic N) is 4. The summed E-state index contributed by atoms with van der Waals surface area (Å²) in [5, 5.41) is 48.4. The van der Waals surface area contributed by atoms with Crippen LogP contribution in [0.2, 0.25) is 0 Å². The predicted octanol–water partition coefficient (Wildman–Crippen LogP) is -4.83. The number of hydrogen-bond donors (Lipinski definition) is 15. The summed E-state index contributed by atoms with van der Waals surface area (Å²) in [7, 11) is 0. The highest BCUT2D eigenvalue weighted by Crippen LogP contribution is 2.14. The molecule has 29 nitrogen and oxygen atoms in total. The largest absolute Gasteiger partial charge is 0.480 e. The molecule has 80 heavy (non-hydrogen) atoms. The summed E-state index contributed by atoms with van der Waals surface area (Å²) in [6.07, 6.45) is 0.418. The van der Waals surface area contributed by atoms with Gasteiger partial charge in [0, 0.05) is 44.5 Å². The van der Waals surface area contributed by atoms with Crippen molar-refractivity contribution in [3.05, 3.63) is 54.1 Å². The summed E-state index contributed by atoms with van der Waals surface area (Å²) in [5.41, 5.74) is 23.6. The fraction of sp³-hybridized carbons (Fsp3) is 0.608. The highest BCUT2D eigenvalue weighted by molar-refractivity contribution is 5.98. The SMILES string of the molecule is CCC(C)[C@H](NC(=O)CN(CCN)C(=O)CNC(=O)[C@@H](NC(=O)[C@@H](NC(=O)[C@H](Cc1cnc[nH]1)NC(=O)[C@H](CCc1ccccc1)NC(=O)[C@H](C)NC(=O)[C@@H](N)CCCN=C(N)N)[C@@H](C)O)[C@@H](C)O)C(=O)N(CC(=O)O)CC(C)C. The lowest BCUT2D eigenvalue weighted by atomic mass is 9.97. The summed E-state index contributed by atoms with van der Waals surface area (Å²) < 4.78 is 0. The second-order valence-electron chi connectivity index (χ2n) is 19.9. The number of benzene rings is 1. The van der Waals surface area contributed by atoms with E-state index in [1.165, 1.54) is 19.4 Å². The minimum absolute atomic E-state index is 0.00856. The second-order valence-corrected chi connectivity index (χ2v) is 19.9. The number of rotatable bonds is 36. The summed E-state index contributed by atoms with van der Waals surface area (Å²) >= 11 is 0. The fourth-order valence-corrected chi connectivity index (χ4v) is 7.90. The number of aliphatic hydroxyl groups is 2. The number of amides is 9. The normalized spacial score (nSPS) is 14.8. The predicted molar refractivity (Wildman–Crippen MR) is 293 cm³/mol. The highest BCUT2D eigenvalue weighted by atomic mass is 16.4. The minimum Gasteiger partial charge on any atom is -0.480 e. The van der Waals surface area contributed by atoms with Crippen molar-refractivity contribution in [3.63, 3.8) is 0 Å². The molecule has 0 spiro atoms. The molecule has 0 aliphatic heterocycles. The molecule has 0 aliphatic carbocycles. The zero-order valence-corrected chi connectivity index (χ0v) is 46.6. The van der Waals surface area contributed by atoms with E-state index in [9.17, 15) is 63.3 Å². The maximum absolute atomic E-state index is 14.2. The van der Waals surface area contributed by atoms with Crippen LogP contribution in [0.4, 0.5) is 0 Å². The summed E-state index contributed by atoms with van der Waals surface area (Å²) in [5.74, 6) is -9.65. The van der Waals surface area contributed by atoms with Crippen LogP contribution in [0.5, 0.6) is 0 Å². The average Bonchev–Trinajstić information content (AvgIpc) is 3.92. The standard InChI is InChI=1S/C51H84N16O13/c1-8-29(4)41(50(80)67(24-28(2)3)26-40(72)73)63-38(70)25-66(20-18-52)39(71)23-58-48(78)42(31(6)68)65-49(79)43(32(7)69)64-47(77)37(21-34-22-56-27-59-34)62-46(76)36(17-16-33-13-10-9-11-14-33)61-44(74)30(5)60-45(75)35(53)15-12-19-57-51(54)55/h9-11,13-14,22,27-32,35-37,41-43,68-69H,8,12,15-21,23-26,52-53H2,1-7H3,(H,56,59)(H,58,78)(H,60,75)(H,61,74)(H,62,76)(H,63,70)(H,64,77)(H,65,79)(H,72,73)(H4,54,55,57)/t29?,30-,31+,32+,35-,36-,37-,41-,42-,43-/m0/s1. The van der Waals surface area contributed by atoms with Gasteiger partial charge in [-0.25, -0.2) is 4.98 Å². The molecule has 19 N–H and O–H groups in total. The van der Waals surface area contributed by atoms with Gasteiger partial charge in [-0.1, -0.05) is 64.4 Å². The molecular formula is C51H84N16O13. The number of aromatic amines is 1. The van der Waals surface area contributed by atoms with Crippen LogP contribution < -0.4 is 60.2 Å². The van der Waals surface area contributed by atoms with Crippen LogP contribution in [-0.2, 0) is 60.8 Å². The van der Waals surface area contributed by atoms with Crippen LogP contribution in [0.25, 0.3) is 0 Å². The first-order chi connectivity index (χ1) is 37.7. The Balaban J connectivity index is 2.28. The van der Waals surface area contributed by atoms with E-state index in [4.69, 9.17) is 22.9 Å². The number of guanidine groups is 1. The van der Waals surface area contributed by atoms with E-state index < -0.39 is 139 Å². The van der Waals surface area contributed by atoms with Crippen molar-refractivity contribution >= 4 is 65.1 Å². The van der Waals surface area contributed by atoms with Crippen molar-refractivity contribution in [2.45, 2.75) is 141 Å². The molecule has 1 aromatic carbocycles. The van der Waals surface area contributed by atoms with Gasteiger partial charge in [-0.3, -0.25) is 52.9 Å². The molecule has 29 heteroatoms. The van der Waals surface area contributed by atoms with E-state index >= 15 is 0 Å². The lowest BCUT2D eigenvalue weighted by Gasteiger charge is -2.31. The maximum Gasteiger partial charge on any atom is 0.323 e. The molecule has 9 amide bonds. The number of carbonyl (C=O) groups is 10. The van der Waals surface area contributed by atoms with Crippen molar-refractivity contribution in [1.29, 1.82) is 0 Å². The minimum atomic E-state index is -1.83. The number of nitrogens with one attached hydrogen (secondary N) is 8. The van der Waals surface area contributed by atoms with Crippen LogP contribution in [-0.4, -0.2) is 200 Å². The van der Waals surface area contributed by atoms with E-state index in [-0.39, 0.29) is 63.7 Å². The lowest BCUT2D eigenvalue weighted by Crippen LogP contribution is -2.62. The molecule has 1 unspecified atom stereocenters. The highest BCUT2D eigenvalue weighted by Gasteiger charge is 2.37. The Morgan fingerprint density at radius 3 is 1.90 bits per heavy atom. The van der Waals surface area contributed by atoms with Crippen LogP contribution in [0.1, 0.15) is 85.4 Å². The number of carboxylic acid groups (broad SMARTS) is 1. The molecule has 0 aliphatic rings. The first kappa shape index (κ1) is 68.3. The molecule has 0 saturated carbocycles. The average molecular weight is 1130 g/mol. The quantitative estimate of drug-likeness (QED) is 0.0173. The third-order valence-corrected chi connectivity index (χ3v) is 12.5. The van der Waals surface area contributed by atoms with Gasteiger partial charge in [-0.05, 0) is 63.9 Å². The van der Waals surface area contributed by atoms with Gasteiger partial charge in [-0.2, -0.15) is 0 Å². The Labute approximate surface area is 465 Å². The van der Waals surface area contributed by atoms with Gasteiger partial charge in [0.25, 0.3) is 0 Å². The first-order valence-electron chi connectivity index (χ1n) is 26.4. The Morgan fingerprint density at radius 1 is 0.725 bits per heavy atom. The molecule has 446 valence electrons. The molecule has 0 radical (unpaired) electrons. The number of aliphatic imine (C=N–C) groups is 1. The molecule has 10 atom stereocenters. The van der Waals surface area contributed by atoms with Crippen LogP contribution >= 0.6 is 0 Å². The molecule has 0 bridgehead atoms. The van der Waals surface area contributed by atoms with Gasteiger partial charge in [0.2, 0.25) is 53.2 Å². The molecule has 0 saturated heterocycles. The molecule has 0 fully saturated rings. The number of nitrogens with two attached hydrogens (primary N) is 4. The summed E-state index contributed by atoms with van der Waals surface area (Å²) in [6.45, 7) is 8.82. The Morgan fingerprint density at radius 2 is 1.34 bits per heavy atom. The van der Waals surface area contributed by atoms with Gasteiger partial charge in [-0.15, -0.1) is 0 Å². The Hall–Kier alpha value is -7.76. The fourth-order valence-electron chi connectivity index (χ4n) is 7.90. The van der Waals surface area contributed by atoms with Gasteiger partial charge < -0.3 is 90.3 Å². The van der Waals surface area contributed by atoms with Gasteiger partial charge in [0.1, 0.15) is 42.8 Å². The zero-order valence-electron chi connectivity index (χ0n) is 46.6. The van der Waals surface area contributed by atoms with Gasteiger partial charge in [0.15, 0.2) is 5.96 Å². The lowest BCUT2D eigenvalue weighted by molar-refractivity contribution is -0.147. The van der Waals surface area contributed by atoms with Crippen molar-refractivity contribution < 1.29 is 63.3 Å². The summed E-state index contributed by atoms with van der Waals surface area (Å²) in [6, 6.07) is -0.800. The topological polar surface area (TPSA) is 467 Å². The van der Waals surface area contributed by atoms with Crippen molar-refractivity contribution in [3.8, 4) is 0 Å². The van der Waals surface area contributed by atoms with Crippen molar-refractivity contribution in [2.24, 2.45) is 39.8 Å². The number of carbonyl (C=O) groups excluding carboxylic acids is 9. The Kier molecular flexibility index (Phi) is 29.9. The first-order valence-corrected chi connectivity index (χ1v) is 26.4. The molecule has 1 aromatic heterocycles. The van der Waals surface area contributed by atoms with E-state index in [1.54, 1.807) is 45.9 Å². The summed E-state index contributed by atoms with van der Waals surface area (Å²) in [4.78, 5) is 147. The van der Waals surface area contributed by atoms with Gasteiger partial charge in [0.05, 0.1) is 37.7 Å². The molecule has 2 rings (SSSR count). The second kappa shape index (κ2) is 35.0. The molecule has 1 heterocycles. The number of H-pyrrole nitrogens is 1. The maximum atomic E-state index is 14.2. The van der Waals surface area contributed by atoms with E-state index in [0.29, 0.717) is 18.5 Å². The van der Waals surface area contributed by atoms with Crippen molar-refractivity contribution in [2.75, 3.05) is 45.8 Å². The number of aliphatic hydroxyl groups excluding tert-OH is 2. The number of hydrogen-bond acceptors (Lipinski definition) is 16.